The van der Waals surface area contributed by atoms with Gasteiger partial charge in [-0.15, -0.1) is 0 Å². The number of aromatic nitrogens is 2. The summed E-state index contributed by atoms with van der Waals surface area (Å²) in [6.07, 6.45) is 11.9. The van der Waals surface area contributed by atoms with Gasteiger partial charge in [-0.1, -0.05) is 30.5 Å². The van der Waals surface area contributed by atoms with E-state index in [1.165, 1.54) is 31.4 Å². The first-order valence-corrected chi connectivity index (χ1v) is 11.3. The van der Waals surface area contributed by atoms with E-state index in [1.807, 2.05) is 24.5 Å². The van der Waals surface area contributed by atoms with E-state index in [2.05, 4.69) is 38.4 Å². The van der Waals surface area contributed by atoms with Crippen molar-refractivity contribution < 1.29 is 4.74 Å². The van der Waals surface area contributed by atoms with E-state index in [9.17, 15) is 0 Å². The van der Waals surface area contributed by atoms with Crippen LogP contribution in [0.25, 0.3) is 0 Å². The lowest BCUT2D eigenvalue weighted by Gasteiger charge is -2.46. The number of nitrogens with one attached hydrogen (secondary N) is 1. The molecular formula is C22H27BrClN3O. The first-order chi connectivity index (χ1) is 13.6. The Balaban J connectivity index is 1.45. The molecule has 0 bridgehead atoms. The van der Waals surface area contributed by atoms with E-state index in [-0.39, 0.29) is 11.0 Å². The second-order valence-electron chi connectivity index (χ2n) is 8.20. The Morgan fingerprint density at radius 1 is 1.18 bits per heavy atom. The molecule has 4 nitrogen and oxygen atoms in total. The van der Waals surface area contributed by atoms with Crippen LogP contribution in [0.4, 0.5) is 0 Å². The van der Waals surface area contributed by atoms with Gasteiger partial charge in [0.25, 0.3) is 0 Å². The molecule has 0 amide bonds. The third-order valence-corrected chi connectivity index (χ3v) is 7.47. The van der Waals surface area contributed by atoms with Crippen molar-refractivity contribution in [3.63, 3.8) is 0 Å². The van der Waals surface area contributed by atoms with Crippen molar-refractivity contribution in [3.8, 4) is 0 Å². The largest absolute Gasteiger partial charge is 0.375 e. The number of rotatable bonds is 6. The van der Waals surface area contributed by atoms with Crippen LogP contribution < -0.4 is 5.32 Å². The fraction of sp³-hybridized carbons (Fsp3) is 0.545. The molecule has 6 heteroatoms. The molecule has 2 aromatic rings. The zero-order chi connectivity index (χ0) is 19.5. The summed E-state index contributed by atoms with van der Waals surface area (Å²) in [5, 5.41) is 4.10. The molecule has 3 heterocycles. The summed E-state index contributed by atoms with van der Waals surface area (Å²) in [6.45, 7) is 2.56. The van der Waals surface area contributed by atoms with Crippen molar-refractivity contribution in [2.45, 2.75) is 62.5 Å². The van der Waals surface area contributed by atoms with Gasteiger partial charge in [-0.2, -0.15) is 0 Å². The smallest absolute Gasteiger partial charge is 0.143 e. The minimum atomic E-state index is 0.0702. The Morgan fingerprint density at radius 2 is 2.04 bits per heavy atom. The van der Waals surface area contributed by atoms with Gasteiger partial charge < -0.3 is 10.1 Å². The molecule has 0 unspecified atom stereocenters. The molecule has 2 fully saturated rings. The first kappa shape index (κ1) is 20.3. The number of ether oxygens (including phenoxy) is 1. The highest BCUT2D eigenvalue weighted by atomic mass is 79.9. The van der Waals surface area contributed by atoms with Crippen molar-refractivity contribution in [3.05, 3.63) is 57.5 Å². The van der Waals surface area contributed by atoms with Crippen LogP contribution in [0.15, 0.2) is 41.1 Å². The van der Waals surface area contributed by atoms with Gasteiger partial charge in [-0.05, 0) is 78.3 Å². The summed E-state index contributed by atoms with van der Waals surface area (Å²) in [6, 6.07) is 8.35. The van der Waals surface area contributed by atoms with Crippen molar-refractivity contribution in [2.75, 3.05) is 13.2 Å². The standard InChI is InChI=1S/C22H27BrClN3O/c23-18-13-17(15-27-20(18)24)14-25-11-8-21(19-5-1-4-10-26-19)9-12-28-22(16-21)6-2-3-7-22/h1,4-5,10,13,15,25H,2-3,6-9,11-12,14,16H2/t21-/m1/s1. The van der Waals surface area contributed by atoms with Crippen molar-refractivity contribution in [2.24, 2.45) is 0 Å². The lowest BCUT2D eigenvalue weighted by molar-refractivity contribution is -0.104. The Kier molecular flexibility index (Phi) is 6.36. The molecule has 2 aromatic heterocycles. The molecule has 1 aliphatic heterocycles. The predicted molar refractivity (Wildman–Crippen MR) is 116 cm³/mol. The molecule has 28 heavy (non-hydrogen) atoms. The second-order valence-corrected chi connectivity index (χ2v) is 9.42. The van der Waals surface area contributed by atoms with Gasteiger partial charge in [-0.3, -0.25) is 4.98 Å². The average Bonchev–Trinajstić information content (AvgIpc) is 3.16. The number of hydrogen-bond donors (Lipinski definition) is 1. The molecule has 1 atom stereocenters. The lowest BCUT2D eigenvalue weighted by atomic mass is 9.68. The highest BCUT2D eigenvalue weighted by molar-refractivity contribution is 9.10. The summed E-state index contributed by atoms with van der Waals surface area (Å²) < 4.78 is 7.17. The van der Waals surface area contributed by atoms with E-state index in [0.29, 0.717) is 5.15 Å². The second kappa shape index (κ2) is 8.78. The molecule has 4 rings (SSSR count). The molecule has 2 aliphatic rings. The lowest BCUT2D eigenvalue weighted by Crippen LogP contribution is -2.47. The van der Waals surface area contributed by atoms with Gasteiger partial charge in [-0.25, -0.2) is 4.98 Å². The quantitative estimate of drug-likeness (QED) is 0.457. The first-order valence-electron chi connectivity index (χ1n) is 10.2. The van der Waals surface area contributed by atoms with Gasteiger partial charge in [0.15, 0.2) is 0 Å². The van der Waals surface area contributed by atoms with Crippen LogP contribution in [-0.4, -0.2) is 28.7 Å². The fourth-order valence-corrected chi connectivity index (χ4v) is 5.41. The van der Waals surface area contributed by atoms with E-state index in [4.69, 9.17) is 21.3 Å². The minimum absolute atomic E-state index is 0.0702. The van der Waals surface area contributed by atoms with E-state index in [1.54, 1.807) is 0 Å². The van der Waals surface area contributed by atoms with Crippen LogP contribution >= 0.6 is 27.5 Å². The zero-order valence-corrected chi connectivity index (χ0v) is 18.4. The number of nitrogens with zero attached hydrogens (tertiary/aromatic N) is 2. The zero-order valence-electron chi connectivity index (χ0n) is 16.1. The Morgan fingerprint density at radius 3 is 2.79 bits per heavy atom. The van der Waals surface area contributed by atoms with E-state index >= 15 is 0 Å². The van der Waals surface area contributed by atoms with Crippen molar-refractivity contribution in [1.82, 2.24) is 15.3 Å². The van der Waals surface area contributed by atoms with E-state index < -0.39 is 0 Å². The summed E-state index contributed by atoms with van der Waals surface area (Å²) in [5.41, 5.74) is 2.51. The Bertz CT molecular complexity index is 798. The maximum atomic E-state index is 6.33. The van der Waals surface area contributed by atoms with Crippen LogP contribution in [0, 0.1) is 0 Å². The average molecular weight is 465 g/mol. The van der Waals surface area contributed by atoms with Crippen molar-refractivity contribution >= 4 is 27.5 Å². The normalized spacial score (nSPS) is 23.9. The minimum Gasteiger partial charge on any atom is -0.375 e. The molecule has 150 valence electrons. The van der Waals surface area contributed by atoms with Crippen LogP contribution in [0.5, 0.6) is 0 Å². The Labute approximate surface area is 180 Å². The van der Waals surface area contributed by atoms with Crippen LogP contribution in [-0.2, 0) is 16.7 Å². The summed E-state index contributed by atoms with van der Waals surface area (Å²) in [4.78, 5) is 8.98. The third-order valence-electron chi connectivity index (χ3n) is 6.33. The topological polar surface area (TPSA) is 47.0 Å². The van der Waals surface area contributed by atoms with Gasteiger partial charge in [0.1, 0.15) is 5.15 Å². The summed E-state index contributed by atoms with van der Waals surface area (Å²) >= 11 is 9.44. The highest BCUT2D eigenvalue weighted by Gasteiger charge is 2.48. The highest BCUT2D eigenvalue weighted by Crippen LogP contribution is 2.49. The maximum Gasteiger partial charge on any atom is 0.143 e. The molecule has 1 saturated heterocycles. The van der Waals surface area contributed by atoms with Gasteiger partial charge in [0.2, 0.25) is 0 Å². The molecule has 1 N–H and O–H groups in total. The van der Waals surface area contributed by atoms with Crippen LogP contribution in [0.1, 0.15) is 56.2 Å². The summed E-state index contributed by atoms with van der Waals surface area (Å²) in [7, 11) is 0. The third kappa shape index (κ3) is 4.43. The van der Waals surface area contributed by atoms with Crippen LogP contribution in [0.2, 0.25) is 5.15 Å². The number of hydrogen-bond acceptors (Lipinski definition) is 4. The van der Waals surface area contributed by atoms with E-state index in [0.717, 1.165) is 49.0 Å². The number of pyridine rings is 2. The molecule has 1 spiro atoms. The Hall–Kier alpha value is -1.01. The fourth-order valence-electron chi connectivity index (χ4n) is 4.91. The molecule has 1 saturated carbocycles. The molecule has 1 aliphatic carbocycles. The summed E-state index contributed by atoms with van der Waals surface area (Å²) in [5.74, 6) is 0. The van der Waals surface area contributed by atoms with Crippen LogP contribution in [0.3, 0.4) is 0 Å². The van der Waals surface area contributed by atoms with Crippen molar-refractivity contribution in [1.29, 1.82) is 0 Å². The molecular weight excluding hydrogens is 438 g/mol. The SMILES string of the molecule is Clc1ncc(CNCC[C@@]2(c3ccccn3)CCOC3(CCCC3)C2)cc1Br. The predicted octanol–water partition coefficient (Wildman–Crippen LogP) is 5.43. The molecule has 0 radical (unpaired) electrons. The van der Waals surface area contributed by atoms with Gasteiger partial charge >= 0.3 is 0 Å². The maximum absolute atomic E-state index is 6.33. The van der Waals surface area contributed by atoms with Gasteiger partial charge in [0.05, 0.1) is 10.1 Å². The monoisotopic (exact) mass is 463 g/mol. The van der Waals surface area contributed by atoms with Gasteiger partial charge in [0, 0.05) is 36.7 Å². The molecule has 0 aromatic carbocycles. The number of halogens is 2.